The van der Waals surface area contributed by atoms with E-state index in [1.807, 2.05) is 72.8 Å². The SMILES string of the molecule is O=C(C=Cc1nc2ccccc2n1Cc1ccccc1)c1c(-c2ccccc2)c2cc(Cl)ccc2[nH]c1=O. The molecule has 0 bridgehead atoms. The van der Waals surface area contributed by atoms with Crippen molar-refractivity contribution in [3.8, 4) is 11.1 Å². The van der Waals surface area contributed by atoms with E-state index in [0.717, 1.165) is 22.2 Å². The monoisotopic (exact) mass is 515 g/mol. The van der Waals surface area contributed by atoms with Gasteiger partial charge in [-0.15, -0.1) is 0 Å². The number of carbonyl (C=O) groups is 1. The van der Waals surface area contributed by atoms with Crippen LogP contribution in [0.1, 0.15) is 21.7 Å². The van der Waals surface area contributed by atoms with Crippen LogP contribution in [-0.2, 0) is 6.54 Å². The van der Waals surface area contributed by atoms with Crippen LogP contribution in [0.25, 0.3) is 39.1 Å². The smallest absolute Gasteiger partial charge is 0.260 e. The van der Waals surface area contributed by atoms with Gasteiger partial charge in [0.15, 0.2) is 5.78 Å². The van der Waals surface area contributed by atoms with Crippen molar-refractivity contribution in [1.82, 2.24) is 14.5 Å². The lowest BCUT2D eigenvalue weighted by Crippen LogP contribution is -2.18. The summed E-state index contributed by atoms with van der Waals surface area (Å²) in [4.78, 5) is 34.5. The highest BCUT2D eigenvalue weighted by molar-refractivity contribution is 6.31. The zero-order chi connectivity index (χ0) is 26.1. The molecule has 0 spiro atoms. The first-order valence-electron chi connectivity index (χ1n) is 12.2. The number of fused-ring (bicyclic) bond motifs is 2. The van der Waals surface area contributed by atoms with Crippen molar-refractivity contribution >= 4 is 45.4 Å². The largest absolute Gasteiger partial charge is 0.321 e. The highest BCUT2D eigenvalue weighted by Gasteiger charge is 2.20. The average molecular weight is 516 g/mol. The Labute approximate surface area is 223 Å². The lowest BCUT2D eigenvalue weighted by molar-refractivity contribution is 0.104. The summed E-state index contributed by atoms with van der Waals surface area (Å²) in [5.74, 6) is 0.218. The standard InChI is InChI=1S/C32H22ClN3O2/c33-23-15-16-25-24(19-23)30(22-11-5-2-6-12-22)31(32(38)35-25)28(37)17-18-29-34-26-13-7-8-14-27(26)36(29)20-21-9-3-1-4-10-21/h1-19H,20H2,(H,35,38). The van der Waals surface area contributed by atoms with Gasteiger partial charge in [0, 0.05) is 28.0 Å². The van der Waals surface area contributed by atoms with Crippen LogP contribution in [0.3, 0.4) is 0 Å². The number of nitrogens with zero attached hydrogens (tertiary/aromatic N) is 2. The van der Waals surface area contributed by atoms with Crippen molar-refractivity contribution in [2.24, 2.45) is 0 Å². The molecule has 1 N–H and O–H groups in total. The number of ketones is 1. The Kier molecular flexibility index (Phi) is 6.20. The number of benzene rings is 4. The summed E-state index contributed by atoms with van der Waals surface area (Å²) in [6, 6.07) is 32.6. The van der Waals surface area contributed by atoms with Gasteiger partial charge in [-0.25, -0.2) is 4.98 Å². The number of aromatic amines is 1. The first-order valence-corrected chi connectivity index (χ1v) is 12.6. The van der Waals surface area contributed by atoms with Crippen LogP contribution in [0.2, 0.25) is 5.02 Å². The predicted octanol–water partition coefficient (Wildman–Crippen LogP) is 7.14. The van der Waals surface area contributed by atoms with E-state index in [2.05, 4.69) is 21.7 Å². The highest BCUT2D eigenvalue weighted by Crippen LogP contribution is 2.31. The lowest BCUT2D eigenvalue weighted by atomic mass is 9.94. The molecule has 4 aromatic carbocycles. The lowest BCUT2D eigenvalue weighted by Gasteiger charge is -2.12. The van der Waals surface area contributed by atoms with Crippen molar-refractivity contribution < 1.29 is 4.79 Å². The number of rotatable bonds is 6. The summed E-state index contributed by atoms with van der Waals surface area (Å²) in [5, 5.41) is 1.22. The van der Waals surface area contributed by atoms with Gasteiger partial charge in [0.25, 0.3) is 5.56 Å². The summed E-state index contributed by atoms with van der Waals surface area (Å²) in [6.45, 7) is 0.597. The van der Waals surface area contributed by atoms with E-state index in [9.17, 15) is 9.59 Å². The number of halogens is 1. The fraction of sp³-hybridized carbons (Fsp3) is 0.0312. The van der Waals surface area contributed by atoms with Crippen molar-refractivity contribution in [1.29, 1.82) is 0 Å². The fourth-order valence-corrected chi connectivity index (χ4v) is 4.96. The van der Waals surface area contributed by atoms with Crippen molar-refractivity contribution in [3.05, 3.63) is 142 Å². The molecule has 2 aromatic heterocycles. The molecule has 0 saturated carbocycles. The molecule has 6 rings (SSSR count). The number of pyridine rings is 1. The highest BCUT2D eigenvalue weighted by atomic mass is 35.5. The van der Waals surface area contributed by atoms with E-state index in [-0.39, 0.29) is 5.56 Å². The number of H-pyrrole nitrogens is 1. The fourth-order valence-electron chi connectivity index (χ4n) is 4.79. The van der Waals surface area contributed by atoms with Gasteiger partial charge < -0.3 is 9.55 Å². The molecule has 6 heteroatoms. The zero-order valence-electron chi connectivity index (χ0n) is 20.3. The van der Waals surface area contributed by atoms with Gasteiger partial charge in [-0.3, -0.25) is 9.59 Å². The van der Waals surface area contributed by atoms with Crippen LogP contribution in [0.4, 0.5) is 0 Å². The number of hydrogen-bond acceptors (Lipinski definition) is 3. The summed E-state index contributed by atoms with van der Waals surface area (Å²) in [6.07, 6.45) is 3.11. The predicted molar refractivity (Wildman–Crippen MR) is 154 cm³/mol. The molecule has 6 aromatic rings. The third kappa shape index (κ3) is 4.44. The maximum absolute atomic E-state index is 13.7. The third-order valence-corrected chi connectivity index (χ3v) is 6.77. The van der Waals surface area contributed by atoms with Gasteiger partial charge in [0.1, 0.15) is 5.82 Å². The van der Waals surface area contributed by atoms with Crippen molar-refractivity contribution in [2.75, 3.05) is 0 Å². The third-order valence-electron chi connectivity index (χ3n) is 6.54. The Balaban J connectivity index is 1.48. The molecule has 2 heterocycles. The maximum atomic E-state index is 13.7. The molecule has 0 aliphatic rings. The molecule has 38 heavy (non-hydrogen) atoms. The Morgan fingerprint density at radius 1 is 0.895 bits per heavy atom. The summed E-state index contributed by atoms with van der Waals surface area (Å²) < 4.78 is 2.07. The van der Waals surface area contributed by atoms with Crippen LogP contribution >= 0.6 is 11.6 Å². The van der Waals surface area contributed by atoms with Gasteiger partial charge in [-0.05, 0) is 53.6 Å². The quantitative estimate of drug-likeness (QED) is 0.189. The van der Waals surface area contributed by atoms with Crippen molar-refractivity contribution in [2.45, 2.75) is 6.54 Å². The van der Waals surface area contributed by atoms with Crippen LogP contribution in [-0.4, -0.2) is 20.3 Å². The molecule has 0 saturated heterocycles. The zero-order valence-corrected chi connectivity index (χ0v) is 21.0. The van der Waals surface area contributed by atoms with E-state index in [0.29, 0.717) is 33.9 Å². The first kappa shape index (κ1) is 23.6. The number of para-hydroxylation sites is 2. The molecule has 184 valence electrons. The van der Waals surface area contributed by atoms with Gasteiger partial charge >= 0.3 is 0 Å². The average Bonchev–Trinajstić information content (AvgIpc) is 3.29. The Hall–Kier alpha value is -4.74. The minimum absolute atomic E-state index is 0.0629. The molecular weight excluding hydrogens is 494 g/mol. The molecular formula is C32H22ClN3O2. The second-order valence-corrected chi connectivity index (χ2v) is 9.42. The summed E-state index contributed by atoms with van der Waals surface area (Å²) >= 11 is 6.31. The number of aromatic nitrogens is 3. The Morgan fingerprint density at radius 3 is 2.39 bits per heavy atom. The first-order chi connectivity index (χ1) is 18.6. The minimum atomic E-state index is -0.453. The number of nitrogens with one attached hydrogen (secondary N) is 1. The second kappa shape index (κ2) is 9.96. The second-order valence-electron chi connectivity index (χ2n) is 8.99. The van der Waals surface area contributed by atoms with E-state index >= 15 is 0 Å². The normalized spacial score (nSPS) is 11.5. The molecule has 5 nitrogen and oxygen atoms in total. The molecule has 0 atom stereocenters. The number of hydrogen-bond donors (Lipinski definition) is 1. The van der Waals surface area contributed by atoms with Crippen molar-refractivity contribution in [3.63, 3.8) is 0 Å². The summed E-state index contributed by atoms with van der Waals surface area (Å²) in [7, 11) is 0. The van der Waals surface area contributed by atoms with E-state index in [1.54, 1.807) is 24.3 Å². The van der Waals surface area contributed by atoms with Crippen LogP contribution in [0.15, 0.2) is 114 Å². The number of carbonyl (C=O) groups excluding carboxylic acids is 1. The topological polar surface area (TPSA) is 67.8 Å². The Bertz CT molecular complexity index is 1890. The molecule has 0 fully saturated rings. The molecule has 0 unspecified atom stereocenters. The number of imidazole rings is 1. The van der Waals surface area contributed by atoms with Gasteiger partial charge in [-0.2, -0.15) is 0 Å². The van der Waals surface area contributed by atoms with Gasteiger partial charge in [0.05, 0.1) is 16.6 Å². The molecule has 0 amide bonds. The number of allylic oxidation sites excluding steroid dienone is 1. The van der Waals surface area contributed by atoms with Crippen LogP contribution in [0, 0.1) is 0 Å². The van der Waals surface area contributed by atoms with Crippen LogP contribution in [0.5, 0.6) is 0 Å². The maximum Gasteiger partial charge on any atom is 0.260 e. The minimum Gasteiger partial charge on any atom is -0.321 e. The molecule has 0 radical (unpaired) electrons. The summed E-state index contributed by atoms with van der Waals surface area (Å²) in [5.41, 5.74) is 4.46. The van der Waals surface area contributed by atoms with E-state index < -0.39 is 11.3 Å². The molecule has 0 aliphatic heterocycles. The van der Waals surface area contributed by atoms with E-state index in [1.165, 1.54) is 6.08 Å². The van der Waals surface area contributed by atoms with Gasteiger partial charge in [-0.1, -0.05) is 84.4 Å². The van der Waals surface area contributed by atoms with E-state index in [4.69, 9.17) is 16.6 Å². The Morgan fingerprint density at radius 2 is 1.61 bits per heavy atom. The van der Waals surface area contributed by atoms with Crippen LogP contribution < -0.4 is 5.56 Å². The van der Waals surface area contributed by atoms with Gasteiger partial charge in [0.2, 0.25) is 0 Å². The molecule has 0 aliphatic carbocycles.